The summed E-state index contributed by atoms with van der Waals surface area (Å²) in [5.41, 5.74) is 0. The molecule has 0 bridgehead atoms. The monoisotopic (exact) mass is 370 g/mol. The van der Waals surface area contributed by atoms with E-state index in [2.05, 4.69) is 0 Å². The van der Waals surface area contributed by atoms with E-state index in [9.17, 15) is 9.59 Å². The van der Waals surface area contributed by atoms with Crippen LogP contribution in [0.4, 0.5) is 0 Å². The number of hydrogen-bond acceptors (Lipinski definition) is 6. The number of unbranched alkanes of at least 4 members (excludes halogenated alkanes) is 1. The van der Waals surface area contributed by atoms with E-state index in [4.69, 9.17) is 18.9 Å². The Bertz CT molecular complexity index is 485. The van der Waals surface area contributed by atoms with E-state index in [1.807, 2.05) is 0 Å². The summed E-state index contributed by atoms with van der Waals surface area (Å²) in [6.45, 7) is 1.03. The topological polar surface area (TPSA) is 77.7 Å². The van der Waals surface area contributed by atoms with Crippen LogP contribution in [0.25, 0.3) is 0 Å². The van der Waals surface area contributed by atoms with Crippen LogP contribution in [0, 0.1) is 11.8 Å². The molecule has 0 radical (unpaired) electrons. The summed E-state index contributed by atoms with van der Waals surface area (Å²) in [6, 6.07) is 0. The zero-order valence-electron chi connectivity index (χ0n) is 15.4. The largest absolute Gasteiger partial charge is 0.465 e. The van der Waals surface area contributed by atoms with Crippen LogP contribution in [0.3, 0.4) is 0 Å². The molecule has 0 amide bonds. The third-order valence-electron chi connectivity index (χ3n) is 6.20. The van der Waals surface area contributed by atoms with E-state index < -0.39 is 0 Å². The van der Waals surface area contributed by atoms with Crippen molar-refractivity contribution in [3.8, 4) is 0 Å². The summed E-state index contributed by atoms with van der Waals surface area (Å²) in [6.07, 6.45) is 10.4. The molecule has 6 atom stereocenters. The van der Waals surface area contributed by atoms with Gasteiger partial charge in [-0.15, -0.1) is 0 Å². The van der Waals surface area contributed by atoms with E-state index in [1.165, 1.54) is 0 Å². The summed E-state index contributed by atoms with van der Waals surface area (Å²) in [5, 5.41) is 0. The van der Waals surface area contributed by atoms with Crippen LogP contribution in [0.15, 0.2) is 0 Å². The molecule has 2 saturated heterocycles. The second-order valence-corrected chi connectivity index (χ2v) is 8.36. The maximum Gasteiger partial charge on any atom is 0.305 e. The Labute approximate surface area is 157 Å². The number of fused-ring (bicyclic) bond motifs is 2. The van der Waals surface area contributed by atoms with Gasteiger partial charge in [0.05, 0.1) is 37.6 Å². The lowest BCUT2D eigenvalue weighted by atomic mass is 9.90. The van der Waals surface area contributed by atoms with Gasteiger partial charge in [-0.1, -0.05) is 0 Å². The minimum absolute atomic E-state index is 0. The number of esters is 2. The molecule has 0 aromatic rings. The second-order valence-electron chi connectivity index (χ2n) is 8.36. The highest BCUT2D eigenvalue weighted by Crippen LogP contribution is 2.40. The zero-order valence-corrected chi connectivity index (χ0v) is 15.4. The Morgan fingerprint density at radius 1 is 0.731 bits per heavy atom. The van der Waals surface area contributed by atoms with Crippen molar-refractivity contribution in [1.82, 2.24) is 0 Å². The molecule has 150 valence electrons. The number of epoxide rings is 2. The van der Waals surface area contributed by atoms with E-state index in [1.54, 1.807) is 0 Å². The Kier molecular flexibility index (Phi) is 5.79. The van der Waals surface area contributed by atoms with Crippen molar-refractivity contribution >= 4 is 11.9 Å². The molecular weight excluding hydrogens is 336 g/mol. The fourth-order valence-corrected chi connectivity index (χ4v) is 4.38. The van der Waals surface area contributed by atoms with Gasteiger partial charge in [-0.05, 0) is 63.2 Å². The van der Waals surface area contributed by atoms with Crippen molar-refractivity contribution in [2.24, 2.45) is 11.8 Å². The molecule has 4 rings (SSSR count). The molecule has 2 aliphatic heterocycles. The molecule has 4 aliphatic rings. The fourth-order valence-electron chi connectivity index (χ4n) is 4.38. The number of carbonyl (C=O) groups excluding carboxylic acids is 2. The molecule has 2 saturated carbocycles. The third kappa shape index (κ3) is 5.19. The summed E-state index contributed by atoms with van der Waals surface area (Å²) in [5.74, 6) is 0.597. The van der Waals surface area contributed by atoms with Crippen LogP contribution in [-0.4, -0.2) is 49.6 Å². The van der Waals surface area contributed by atoms with Crippen molar-refractivity contribution in [2.45, 2.75) is 88.6 Å². The first-order valence-corrected chi connectivity index (χ1v) is 10.3. The van der Waals surface area contributed by atoms with Crippen LogP contribution in [-0.2, 0) is 28.5 Å². The molecule has 0 aromatic heterocycles. The molecule has 0 aromatic carbocycles. The molecule has 6 nitrogen and oxygen atoms in total. The SMILES string of the molecule is O=C(CCCCC(=O)OCC1CCC2OC2C1)OCC1CCC2OC2C1.[HH].[HH]. The predicted molar refractivity (Wildman–Crippen MR) is 96.6 cm³/mol. The van der Waals surface area contributed by atoms with Crippen molar-refractivity contribution < 1.29 is 31.4 Å². The van der Waals surface area contributed by atoms with E-state index >= 15 is 0 Å². The van der Waals surface area contributed by atoms with E-state index in [-0.39, 0.29) is 14.8 Å². The quantitative estimate of drug-likeness (QED) is 0.352. The third-order valence-corrected chi connectivity index (χ3v) is 6.20. The van der Waals surface area contributed by atoms with Crippen LogP contribution in [0.5, 0.6) is 0 Å². The second kappa shape index (κ2) is 8.26. The fraction of sp³-hybridized carbons (Fsp3) is 0.900. The molecular formula is C20H34O6. The normalized spacial score (nSPS) is 37.2. The molecule has 2 heterocycles. The maximum atomic E-state index is 11.8. The number of carbonyl (C=O) groups is 2. The molecule has 0 N–H and O–H groups in total. The molecule has 0 spiro atoms. The maximum absolute atomic E-state index is 11.8. The highest BCUT2D eigenvalue weighted by Gasteiger charge is 2.44. The van der Waals surface area contributed by atoms with Gasteiger partial charge in [0.1, 0.15) is 0 Å². The van der Waals surface area contributed by atoms with Crippen LogP contribution < -0.4 is 0 Å². The number of ether oxygens (including phenoxy) is 4. The van der Waals surface area contributed by atoms with Crippen LogP contribution >= 0.6 is 0 Å². The van der Waals surface area contributed by atoms with Gasteiger partial charge in [0.25, 0.3) is 0 Å². The summed E-state index contributed by atoms with van der Waals surface area (Å²) in [4.78, 5) is 23.6. The summed E-state index contributed by atoms with van der Waals surface area (Å²) >= 11 is 0. The molecule has 4 fully saturated rings. The van der Waals surface area contributed by atoms with Crippen molar-refractivity contribution in [3.63, 3.8) is 0 Å². The van der Waals surface area contributed by atoms with Crippen molar-refractivity contribution in [3.05, 3.63) is 0 Å². The van der Waals surface area contributed by atoms with Gasteiger partial charge in [0, 0.05) is 15.7 Å². The molecule has 6 unspecified atom stereocenters. The minimum atomic E-state index is -0.154. The standard InChI is InChI=1S/C20H30O6.2H2/c21-19(23-11-13-5-7-15-17(9-13)25-15)3-1-2-4-20(22)24-12-14-6-8-16-18(10-14)26-16;;/h13-18H,1-12H2;2*1H. The highest BCUT2D eigenvalue weighted by molar-refractivity contribution is 5.70. The van der Waals surface area contributed by atoms with Gasteiger partial charge in [0.15, 0.2) is 0 Å². The lowest BCUT2D eigenvalue weighted by Crippen LogP contribution is -2.20. The van der Waals surface area contributed by atoms with Gasteiger partial charge in [0.2, 0.25) is 0 Å². The number of hydrogen-bond donors (Lipinski definition) is 0. The average molecular weight is 370 g/mol. The lowest BCUT2D eigenvalue weighted by Gasteiger charge is -2.18. The molecule has 26 heavy (non-hydrogen) atoms. The zero-order chi connectivity index (χ0) is 17.9. The highest BCUT2D eigenvalue weighted by atomic mass is 16.6. The summed E-state index contributed by atoms with van der Waals surface area (Å²) < 4.78 is 21.7. The molecule has 6 heteroatoms. The van der Waals surface area contributed by atoms with Gasteiger partial charge in [-0.3, -0.25) is 9.59 Å². The first kappa shape index (κ1) is 18.2. The minimum Gasteiger partial charge on any atom is -0.465 e. The van der Waals surface area contributed by atoms with Gasteiger partial charge < -0.3 is 18.9 Å². The van der Waals surface area contributed by atoms with E-state index in [0.717, 1.165) is 38.5 Å². The van der Waals surface area contributed by atoms with Gasteiger partial charge in [-0.2, -0.15) is 0 Å². The Hall–Kier alpha value is -1.14. The van der Waals surface area contributed by atoms with Crippen LogP contribution in [0.1, 0.15) is 67.1 Å². The van der Waals surface area contributed by atoms with Crippen molar-refractivity contribution in [2.75, 3.05) is 13.2 Å². The Morgan fingerprint density at radius 3 is 1.62 bits per heavy atom. The van der Waals surface area contributed by atoms with Crippen LogP contribution in [0.2, 0.25) is 0 Å². The first-order chi connectivity index (χ1) is 12.7. The number of rotatable bonds is 9. The van der Waals surface area contributed by atoms with Crippen molar-refractivity contribution in [1.29, 1.82) is 0 Å². The molecule has 2 aliphatic carbocycles. The smallest absolute Gasteiger partial charge is 0.305 e. The van der Waals surface area contributed by atoms with Gasteiger partial charge in [-0.25, -0.2) is 0 Å². The first-order valence-electron chi connectivity index (χ1n) is 10.3. The predicted octanol–water partition coefficient (Wildman–Crippen LogP) is 3.26. The van der Waals surface area contributed by atoms with E-state index in [0.29, 0.717) is 75.1 Å². The van der Waals surface area contributed by atoms with Gasteiger partial charge >= 0.3 is 11.9 Å². The Morgan fingerprint density at radius 2 is 1.19 bits per heavy atom. The Balaban J connectivity index is 0.00000140. The summed E-state index contributed by atoms with van der Waals surface area (Å²) in [7, 11) is 0. The lowest BCUT2D eigenvalue weighted by molar-refractivity contribution is -0.147. The average Bonchev–Trinajstić information content (AvgIpc) is 3.55.